The topological polar surface area (TPSA) is 46.3 Å². The minimum absolute atomic E-state index is 0.0301. The first-order valence-corrected chi connectivity index (χ1v) is 10.9. The monoisotopic (exact) mass is 430 g/mol. The smallest absolute Gasteiger partial charge is 0.226 e. The standard InChI is InChI=1S/C24H28Cl2N2O/c1-3-5-19-15-22(18-6-4-7-21(26)14-18)23(17-8-10-20(25)11-9-17)28(24(19)29)16(2)12-13-27/h3-4,6-11,14,16,19,22-23H,1,5,12-13,15,27H2,2H3/t16-,19-,22+,23+/m0/s1. The van der Waals surface area contributed by atoms with Crippen LogP contribution < -0.4 is 5.73 Å². The number of nitrogens with zero attached hydrogens (tertiary/aromatic N) is 1. The lowest BCUT2D eigenvalue weighted by Gasteiger charge is -2.48. The Labute approximate surface area is 183 Å². The number of nitrogens with two attached hydrogens (primary N) is 1. The van der Waals surface area contributed by atoms with Gasteiger partial charge < -0.3 is 10.6 Å². The Morgan fingerprint density at radius 3 is 2.52 bits per heavy atom. The molecule has 2 N–H and O–H groups in total. The van der Waals surface area contributed by atoms with E-state index in [1.807, 2.05) is 53.4 Å². The fraction of sp³-hybridized carbons (Fsp3) is 0.375. The second kappa shape index (κ2) is 9.80. The number of carbonyl (C=O) groups excluding carboxylic acids is 1. The number of amides is 1. The van der Waals surface area contributed by atoms with Crippen LogP contribution in [0.1, 0.15) is 49.3 Å². The normalized spacial score (nSPS) is 23.1. The van der Waals surface area contributed by atoms with Gasteiger partial charge in [-0.3, -0.25) is 4.79 Å². The number of benzene rings is 2. The molecule has 1 aliphatic heterocycles. The summed E-state index contributed by atoms with van der Waals surface area (Å²) in [4.78, 5) is 15.6. The van der Waals surface area contributed by atoms with Gasteiger partial charge in [-0.25, -0.2) is 0 Å². The summed E-state index contributed by atoms with van der Waals surface area (Å²) in [6, 6.07) is 15.7. The Morgan fingerprint density at radius 2 is 1.90 bits per heavy atom. The molecule has 0 radical (unpaired) electrons. The molecule has 3 rings (SSSR count). The maximum absolute atomic E-state index is 13.5. The Hall–Kier alpha value is -1.81. The molecule has 4 atom stereocenters. The van der Waals surface area contributed by atoms with Crippen molar-refractivity contribution in [1.29, 1.82) is 0 Å². The van der Waals surface area contributed by atoms with Crippen LogP contribution in [0.15, 0.2) is 61.2 Å². The summed E-state index contributed by atoms with van der Waals surface area (Å²) in [5.41, 5.74) is 8.08. The molecule has 0 aromatic heterocycles. The number of hydrogen-bond donors (Lipinski definition) is 1. The molecule has 0 aliphatic carbocycles. The highest BCUT2D eigenvalue weighted by atomic mass is 35.5. The summed E-state index contributed by atoms with van der Waals surface area (Å²) in [7, 11) is 0. The summed E-state index contributed by atoms with van der Waals surface area (Å²) in [5.74, 6) is 0.196. The zero-order valence-electron chi connectivity index (χ0n) is 16.7. The summed E-state index contributed by atoms with van der Waals surface area (Å²) in [6.45, 7) is 6.48. The molecule has 1 aliphatic rings. The number of likely N-dealkylation sites (tertiary alicyclic amines) is 1. The number of allylic oxidation sites excluding steroid dienone is 1. The molecule has 1 heterocycles. The number of piperidine rings is 1. The fourth-order valence-electron chi connectivity index (χ4n) is 4.46. The van der Waals surface area contributed by atoms with Crippen molar-refractivity contribution in [3.8, 4) is 0 Å². The quantitative estimate of drug-likeness (QED) is 0.548. The van der Waals surface area contributed by atoms with Crippen LogP contribution in [-0.4, -0.2) is 23.4 Å². The molecule has 29 heavy (non-hydrogen) atoms. The lowest BCUT2D eigenvalue weighted by Crippen LogP contribution is -2.51. The molecular weight excluding hydrogens is 403 g/mol. The molecule has 1 amide bonds. The third-order valence-corrected chi connectivity index (χ3v) is 6.31. The van der Waals surface area contributed by atoms with E-state index in [0.29, 0.717) is 23.0 Å². The van der Waals surface area contributed by atoms with Gasteiger partial charge in [0.1, 0.15) is 0 Å². The number of carbonyl (C=O) groups is 1. The lowest BCUT2D eigenvalue weighted by atomic mass is 9.74. The van der Waals surface area contributed by atoms with Crippen LogP contribution in [0, 0.1) is 5.92 Å². The number of halogens is 2. The zero-order chi connectivity index (χ0) is 21.0. The van der Waals surface area contributed by atoms with E-state index >= 15 is 0 Å². The van der Waals surface area contributed by atoms with Crippen molar-refractivity contribution in [2.24, 2.45) is 11.7 Å². The van der Waals surface area contributed by atoms with Gasteiger partial charge in [0, 0.05) is 27.9 Å². The fourth-order valence-corrected chi connectivity index (χ4v) is 4.78. The maximum Gasteiger partial charge on any atom is 0.226 e. The Morgan fingerprint density at radius 1 is 1.17 bits per heavy atom. The highest BCUT2D eigenvalue weighted by Crippen LogP contribution is 2.47. The maximum atomic E-state index is 13.5. The summed E-state index contributed by atoms with van der Waals surface area (Å²) in [6.07, 6.45) is 4.00. The van der Waals surface area contributed by atoms with E-state index in [1.165, 1.54) is 0 Å². The molecule has 2 aromatic carbocycles. The van der Waals surface area contributed by atoms with Crippen LogP contribution in [0.5, 0.6) is 0 Å². The first-order valence-electron chi connectivity index (χ1n) is 10.1. The van der Waals surface area contributed by atoms with Crippen molar-refractivity contribution in [3.05, 3.63) is 82.4 Å². The number of hydrogen-bond acceptors (Lipinski definition) is 2. The third kappa shape index (κ3) is 4.85. The summed E-state index contributed by atoms with van der Waals surface area (Å²) >= 11 is 12.5. The SMILES string of the molecule is C=CC[C@H]1C[C@H](c2cccc(Cl)c2)[C@@H](c2ccc(Cl)cc2)N([C@@H](C)CCN)C1=O. The second-order valence-corrected chi connectivity index (χ2v) is 8.66. The molecule has 0 saturated carbocycles. The van der Waals surface area contributed by atoms with Gasteiger partial charge in [0.15, 0.2) is 0 Å². The third-order valence-electron chi connectivity index (χ3n) is 5.82. The predicted molar refractivity (Wildman–Crippen MR) is 121 cm³/mol. The highest BCUT2D eigenvalue weighted by Gasteiger charge is 2.44. The van der Waals surface area contributed by atoms with Crippen molar-refractivity contribution >= 4 is 29.1 Å². The average Bonchev–Trinajstić information content (AvgIpc) is 2.70. The van der Waals surface area contributed by atoms with Crippen LogP contribution in [0.4, 0.5) is 0 Å². The van der Waals surface area contributed by atoms with Gasteiger partial charge in [-0.2, -0.15) is 0 Å². The van der Waals surface area contributed by atoms with Crippen molar-refractivity contribution in [3.63, 3.8) is 0 Å². The molecule has 0 bridgehead atoms. The minimum atomic E-state index is -0.0970. The summed E-state index contributed by atoms with van der Waals surface area (Å²) in [5, 5.41) is 1.39. The molecule has 0 unspecified atom stereocenters. The van der Waals surface area contributed by atoms with E-state index in [9.17, 15) is 4.79 Å². The first-order chi connectivity index (χ1) is 14.0. The largest absolute Gasteiger partial charge is 0.332 e. The average molecular weight is 431 g/mol. The van der Waals surface area contributed by atoms with Crippen molar-refractivity contribution in [2.75, 3.05) is 6.54 Å². The van der Waals surface area contributed by atoms with Gasteiger partial charge in [0.2, 0.25) is 5.91 Å². The van der Waals surface area contributed by atoms with Crippen molar-refractivity contribution < 1.29 is 4.79 Å². The molecule has 1 fully saturated rings. The van der Waals surface area contributed by atoms with Gasteiger partial charge >= 0.3 is 0 Å². The molecular formula is C24H28Cl2N2O. The molecule has 154 valence electrons. The Kier molecular flexibility index (Phi) is 7.39. The molecule has 5 heteroatoms. The Bertz CT molecular complexity index is 852. The predicted octanol–water partition coefficient (Wildman–Crippen LogP) is 5.98. The van der Waals surface area contributed by atoms with Crippen LogP contribution in [0.25, 0.3) is 0 Å². The molecule has 1 saturated heterocycles. The van der Waals surface area contributed by atoms with Crippen LogP contribution in [0.3, 0.4) is 0 Å². The zero-order valence-corrected chi connectivity index (χ0v) is 18.2. The van der Waals surface area contributed by atoms with Crippen molar-refractivity contribution in [2.45, 2.75) is 44.2 Å². The van der Waals surface area contributed by atoms with Crippen LogP contribution in [0.2, 0.25) is 10.0 Å². The molecule has 2 aromatic rings. The van der Waals surface area contributed by atoms with E-state index in [1.54, 1.807) is 0 Å². The van der Waals surface area contributed by atoms with Crippen LogP contribution in [-0.2, 0) is 4.79 Å². The van der Waals surface area contributed by atoms with Crippen LogP contribution >= 0.6 is 23.2 Å². The van der Waals surface area contributed by atoms with Crippen molar-refractivity contribution in [1.82, 2.24) is 4.90 Å². The van der Waals surface area contributed by atoms with E-state index < -0.39 is 0 Å². The molecule has 0 spiro atoms. The van der Waals surface area contributed by atoms with E-state index in [2.05, 4.69) is 19.6 Å². The second-order valence-electron chi connectivity index (χ2n) is 7.79. The number of rotatable bonds is 7. The summed E-state index contributed by atoms with van der Waals surface area (Å²) < 4.78 is 0. The molecule has 3 nitrogen and oxygen atoms in total. The van der Waals surface area contributed by atoms with Gasteiger partial charge in [0.05, 0.1) is 6.04 Å². The van der Waals surface area contributed by atoms with E-state index in [-0.39, 0.29) is 29.8 Å². The van der Waals surface area contributed by atoms with Gasteiger partial charge in [-0.15, -0.1) is 6.58 Å². The van der Waals surface area contributed by atoms with E-state index in [0.717, 1.165) is 24.0 Å². The van der Waals surface area contributed by atoms with Gasteiger partial charge in [0.25, 0.3) is 0 Å². The van der Waals surface area contributed by atoms with Gasteiger partial charge in [-0.05, 0) is 68.1 Å². The highest BCUT2D eigenvalue weighted by molar-refractivity contribution is 6.30. The lowest BCUT2D eigenvalue weighted by molar-refractivity contribution is -0.146. The first kappa shape index (κ1) is 21.9. The van der Waals surface area contributed by atoms with Gasteiger partial charge in [-0.1, -0.05) is 53.5 Å². The minimum Gasteiger partial charge on any atom is -0.332 e. The van der Waals surface area contributed by atoms with E-state index in [4.69, 9.17) is 28.9 Å². The Balaban J connectivity index is 2.13.